The molecule has 1 aliphatic heterocycles. The molecule has 0 atom stereocenters. The molecule has 1 fully saturated rings. The quantitative estimate of drug-likeness (QED) is 0.785. The van der Waals surface area contributed by atoms with Gasteiger partial charge in [0, 0.05) is 36.9 Å². The zero-order chi connectivity index (χ0) is 18.9. The number of aryl methyl sites for hydroxylation is 1. The van der Waals surface area contributed by atoms with Crippen molar-refractivity contribution in [1.29, 1.82) is 0 Å². The molecular formula is C18H17ClF3N3O. The summed E-state index contributed by atoms with van der Waals surface area (Å²) in [5, 5.41) is 0.660. The van der Waals surface area contributed by atoms with Crippen LogP contribution in [0.15, 0.2) is 36.4 Å². The number of benzene rings is 1. The molecule has 8 heteroatoms. The van der Waals surface area contributed by atoms with Gasteiger partial charge in [0.15, 0.2) is 0 Å². The molecule has 4 nitrogen and oxygen atoms in total. The van der Waals surface area contributed by atoms with Gasteiger partial charge in [-0.1, -0.05) is 11.6 Å². The van der Waals surface area contributed by atoms with Gasteiger partial charge in [-0.25, -0.2) is 4.98 Å². The molecule has 3 rings (SSSR count). The minimum Gasteiger partial charge on any atom is -0.368 e. The molecule has 1 aliphatic rings. The second-order valence-electron chi connectivity index (χ2n) is 6.08. The van der Waals surface area contributed by atoms with E-state index in [0.29, 0.717) is 31.2 Å². The van der Waals surface area contributed by atoms with Crippen molar-refractivity contribution in [2.24, 2.45) is 0 Å². The predicted octanol–water partition coefficient (Wildman–Crippen LogP) is 4.02. The SMILES string of the molecule is Cc1nc(C(F)(F)F)ccc1C(=O)N1CCN(c2ccc(Cl)cc2)CC1. The fourth-order valence-corrected chi connectivity index (χ4v) is 3.06. The highest BCUT2D eigenvalue weighted by Crippen LogP contribution is 2.28. The zero-order valence-corrected chi connectivity index (χ0v) is 14.8. The second-order valence-corrected chi connectivity index (χ2v) is 6.52. The van der Waals surface area contributed by atoms with E-state index < -0.39 is 11.9 Å². The number of hydrogen-bond donors (Lipinski definition) is 0. The van der Waals surface area contributed by atoms with Gasteiger partial charge in [-0.15, -0.1) is 0 Å². The van der Waals surface area contributed by atoms with Crippen LogP contribution in [0.3, 0.4) is 0 Å². The third kappa shape index (κ3) is 3.93. The number of piperazine rings is 1. The summed E-state index contributed by atoms with van der Waals surface area (Å²) in [4.78, 5) is 20.0. The number of carbonyl (C=O) groups is 1. The molecule has 138 valence electrons. The summed E-state index contributed by atoms with van der Waals surface area (Å²) >= 11 is 5.89. The van der Waals surface area contributed by atoms with E-state index in [2.05, 4.69) is 9.88 Å². The molecule has 1 aromatic heterocycles. The minimum absolute atomic E-state index is 0.0879. The summed E-state index contributed by atoms with van der Waals surface area (Å²) in [7, 11) is 0. The van der Waals surface area contributed by atoms with Crippen molar-refractivity contribution < 1.29 is 18.0 Å². The van der Waals surface area contributed by atoms with Crippen molar-refractivity contribution in [3.63, 3.8) is 0 Å². The maximum absolute atomic E-state index is 12.7. The smallest absolute Gasteiger partial charge is 0.368 e. The number of alkyl halides is 3. The van der Waals surface area contributed by atoms with Gasteiger partial charge in [0.25, 0.3) is 5.91 Å². The lowest BCUT2D eigenvalue weighted by Gasteiger charge is -2.36. The molecule has 0 radical (unpaired) electrons. The maximum atomic E-state index is 12.7. The van der Waals surface area contributed by atoms with Crippen LogP contribution in [-0.4, -0.2) is 42.0 Å². The first-order chi connectivity index (χ1) is 12.3. The van der Waals surface area contributed by atoms with Crippen LogP contribution in [0.4, 0.5) is 18.9 Å². The molecule has 26 heavy (non-hydrogen) atoms. The van der Waals surface area contributed by atoms with Crippen LogP contribution >= 0.6 is 11.6 Å². The summed E-state index contributed by atoms with van der Waals surface area (Å²) in [6.07, 6.45) is -4.52. The van der Waals surface area contributed by atoms with Gasteiger partial charge >= 0.3 is 6.18 Å². The Morgan fingerprint density at radius 1 is 1.04 bits per heavy atom. The van der Waals surface area contributed by atoms with Crippen molar-refractivity contribution in [3.05, 3.63) is 58.4 Å². The first-order valence-electron chi connectivity index (χ1n) is 8.10. The summed E-state index contributed by atoms with van der Waals surface area (Å²) in [5.41, 5.74) is 0.330. The Bertz CT molecular complexity index is 800. The van der Waals surface area contributed by atoms with Gasteiger partial charge in [-0.05, 0) is 43.3 Å². The van der Waals surface area contributed by atoms with E-state index in [1.54, 1.807) is 4.90 Å². The number of carbonyl (C=O) groups excluding carboxylic acids is 1. The standard InChI is InChI=1S/C18H17ClF3N3O/c1-12-15(6-7-16(23-12)18(20,21)22)17(26)25-10-8-24(9-11-25)14-4-2-13(19)3-5-14/h2-7H,8-11H2,1H3. The van der Waals surface area contributed by atoms with Crippen LogP contribution in [0.5, 0.6) is 0 Å². The number of amides is 1. The number of rotatable bonds is 2. The van der Waals surface area contributed by atoms with Crippen molar-refractivity contribution in [2.45, 2.75) is 13.1 Å². The number of hydrogen-bond acceptors (Lipinski definition) is 3. The monoisotopic (exact) mass is 383 g/mol. The highest BCUT2D eigenvalue weighted by atomic mass is 35.5. The highest BCUT2D eigenvalue weighted by molar-refractivity contribution is 6.30. The van der Waals surface area contributed by atoms with Crippen molar-refractivity contribution in [2.75, 3.05) is 31.1 Å². The molecular weight excluding hydrogens is 367 g/mol. The minimum atomic E-state index is -4.52. The van der Waals surface area contributed by atoms with Gasteiger partial charge < -0.3 is 9.80 Å². The van der Waals surface area contributed by atoms with Gasteiger partial charge in [-0.2, -0.15) is 13.2 Å². The fourth-order valence-electron chi connectivity index (χ4n) is 2.93. The number of halogens is 4. The number of aromatic nitrogens is 1. The van der Waals surface area contributed by atoms with Crippen LogP contribution in [0.1, 0.15) is 21.7 Å². The Labute approximate surface area is 154 Å². The highest BCUT2D eigenvalue weighted by Gasteiger charge is 2.33. The summed E-state index contributed by atoms with van der Waals surface area (Å²) in [6, 6.07) is 9.52. The number of nitrogens with zero attached hydrogens (tertiary/aromatic N) is 3. The van der Waals surface area contributed by atoms with E-state index >= 15 is 0 Å². The van der Waals surface area contributed by atoms with Crippen LogP contribution in [0, 0.1) is 6.92 Å². The van der Waals surface area contributed by atoms with Crippen molar-refractivity contribution >= 4 is 23.2 Å². The fraction of sp³-hybridized carbons (Fsp3) is 0.333. The number of anilines is 1. The largest absolute Gasteiger partial charge is 0.433 e. The molecule has 0 aliphatic carbocycles. The first-order valence-corrected chi connectivity index (χ1v) is 8.48. The average molecular weight is 384 g/mol. The van der Waals surface area contributed by atoms with E-state index in [-0.39, 0.29) is 17.2 Å². The molecule has 0 spiro atoms. The van der Waals surface area contributed by atoms with E-state index in [9.17, 15) is 18.0 Å². The molecule has 0 unspecified atom stereocenters. The normalized spacial score (nSPS) is 15.3. The van der Waals surface area contributed by atoms with Gasteiger partial charge in [0.05, 0.1) is 11.3 Å². The Morgan fingerprint density at radius 3 is 2.19 bits per heavy atom. The molecule has 2 aromatic rings. The van der Waals surface area contributed by atoms with Crippen LogP contribution in [0.2, 0.25) is 5.02 Å². The molecule has 1 amide bonds. The van der Waals surface area contributed by atoms with Crippen molar-refractivity contribution in [1.82, 2.24) is 9.88 Å². The Balaban J connectivity index is 1.68. The Morgan fingerprint density at radius 2 is 1.65 bits per heavy atom. The zero-order valence-electron chi connectivity index (χ0n) is 14.1. The van der Waals surface area contributed by atoms with E-state index in [1.165, 1.54) is 13.0 Å². The third-order valence-corrected chi connectivity index (χ3v) is 4.62. The molecule has 2 heterocycles. The van der Waals surface area contributed by atoms with E-state index in [0.717, 1.165) is 11.8 Å². The lowest BCUT2D eigenvalue weighted by atomic mass is 10.1. The lowest BCUT2D eigenvalue weighted by Crippen LogP contribution is -2.49. The van der Waals surface area contributed by atoms with Crippen LogP contribution < -0.4 is 4.90 Å². The van der Waals surface area contributed by atoms with Crippen molar-refractivity contribution in [3.8, 4) is 0 Å². The van der Waals surface area contributed by atoms with Gasteiger partial charge in [0.2, 0.25) is 0 Å². The lowest BCUT2D eigenvalue weighted by molar-refractivity contribution is -0.141. The molecule has 0 N–H and O–H groups in total. The Kier molecular flexibility index (Phi) is 5.09. The molecule has 0 bridgehead atoms. The maximum Gasteiger partial charge on any atom is 0.433 e. The van der Waals surface area contributed by atoms with E-state index in [1.807, 2.05) is 24.3 Å². The Hall–Kier alpha value is -2.28. The third-order valence-electron chi connectivity index (χ3n) is 4.37. The number of pyridine rings is 1. The van der Waals surface area contributed by atoms with Crippen LogP contribution in [0.25, 0.3) is 0 Å². The molecule has 1 aromatic carbocycles. The first kappa shape index (κ1) is 18.5. The van der Waals surface area contributed by atoms with Gasteiger partial charge in [-0.3, -0.25) is 4.79 Å². The molecule has 1 saturated heterocycles. The van der Waals surface area contributed by atoms with Gasteiger partial charge in [0.1, 0.15) is 5.69 Å². The topological polar surface area (TPSA) is 36.4 Å². The summed E-state index contributed by atoms with van der Waals surface area (Å²) < 4.78 is 38.1. The van der Waals surface area contributed by atoms with Crippen LogP contribution in [-0.2, 0) is 6.18 Å². The average Bonchev–Trinajstić information content (AvgIpc) is 2.61. The van der Waals surface area contributed by atoms with E-state index in [4.69, 9.17) is 11.6 Å². The summed E-state index contributed by atoms with van der Waals surface area (Å²) in [6.45, 7) is 3.68. The molecule has 0 saturated carbocycles. The summed E-state index contributed by atoms with van der Waals surface area (Å²) in [5.74, 6) is -0.292. The predicted molar refractivity (Wildman–Crippen MR) is 93.5 cm³/mol. The second kappa shape index (κ2) is 7.15.